The Labute approximate surface area is 128 Å². The molecular formula is C16H26ClN3. The monoisotopic (exact) mass is 295 g/mol. The minimum Gasteiger partial charge on any atom is -0.384 e. The first-order valence-electron chi connectivity index (χ1n) is 7.47. The summed E-state index contributed by atoms with van der Waals surface area (Å²) in [4.78, 5) is 4.99. The van der Waals surface area contributed by atoms with Gasteiger partial charge in [0.05, 0.1) is 0 Å². The van der Waals surface area contributed by atoms with Gasteiger partial charge in [0.2, 0.25) is 0 Å². The van der Waals surface area contributed by atoms with Crippen LogP contribution in [-0.4, -0.2) is 49.6 Å². The number of piperidine rings is 1. The van der Waals surface area contributed by atoms with E-state index in [0.29, 0.717) is 0 Å². The third-order valence-corrected chi connectivity index (χ3v) is 4.54. The number of nitrogens with zero attached hydrogens (tertiary/aromatic N) is 2. The predicted molar refractivity (Wildman–Crippen MR) is 87.9 cm³/mol. The molecular weight excluding hydrogens is 270 g/mol. The van der Waals surface area contributed by atoms with Crippen LogP contribution in [0.3, 0.4) is 0 Å². The zero-order valence-electron chi connectivity index (χ0n) is 12.6. The molecule has 1 atom stereocenters. The highest BCUT2D eigenvalue weighted by atomic mass is 35.5. The smallest absolute Gasteiger partial charge is 0.0419 e. The first-order chi connectivity index (χ1) is 9.24. The van der Waals surface area contributed by atoms with Crippen LogP contribution in [-0.2, 0) is 13.0 Å². The molecule has 3 rings (SSSR count). The molecule has 1 aromatic carbocycles. The fourth-order valence-corrected chi connectivity index (χ4v) is 3.38. The second-order valence-electron chi connectivity index (χ2n) is 6.12. The molecule has 0 amide bonds. The first-order valence-corrected chi connectivity index (χ1v) is 7.47. The first kappa shape index (κ1) is 15.6. The molecule has 1 aromatic rings. The number of anilines is 1. The van der Waals surface area contributed by atoms with Crippen LogP contribution in [0.25, 0.3) is 0 Å². The third kappa shape index (κ3) is 3.27. The fraction of sp³-hybridized carbons (Fsp3) is 0.625. The van der Waals surface area contributed by atoms with Crippen molar-refractivity contribution < 1.29 is 0 Å². The lowest BCUT2D eigenvalue weighted by Crippen LogP contribution is -2.44. The Morgan fingerprint density at radius 3 is 3.00 bits per heavy atom. The predicted octanol–water partition coefficient (Wildman–Crippen LogP) is 2.60. The van der Waals surface area contributed by atoms with Crippen LogP contribution >= 0.6 is 12.4 Å². The maximum absolute atomic E-state index is 3.56. The van der Waals surface area contributed by atoms with Crippen molar-refractivity contribution in [2.45, 2.75) is 31.8 Å². The number of rotatable bonds is 3. The van der Waals surface area contributed by atoms with Gasteiger partial charge < -0.3 is 10.2 Å². The number of likely N-dealkylation sites (tertiary alicyclic amines) is 1. The van der Waals surface area contributed by atoms with Crippen LogP contribution in [0.4, 0.5) is 5.69 Å². The number of benzene rings is 1. The molecule has 20 heavy (non-hydrogen) atoms. The molecule has 0 aliphatic carbocycles. The molecule has 3 nitrogen and oxygen atoms in total. The van der Waals surface area contributed by atoms with Crippen LogP contribution in [0.2, 0.25) is 0 Å². The molecule has 0 spiro atoms. The zero-order valence-corrected chi connectivity index (χ0v) is 13.4. The molecule has 0 radical (unpaired) electrons. The van der Waals surface area contributed by atoms with Crippen molar-refractivity contribution in [3.63, 3.8) is 0 Å². The van der Waals surface area contributed by atoms with E-state index in [1.54, 1.807) is 0 Å². The minimum atomic E-state index is 0. The van der Waals surface area contributed by atoms with E-state index < -0.39 is 0 Å². The Morgan fingerprint density at radius 1 is 1.35 bits per heavy atom. The second kappa shape index (κ2) is 6.79. The van der Waals surface area contributed by atoms with Gasteiger partial charge in [-0.05, 0) is 51.0 Å². The Bertz CT molecular complexity index is 447. The average molecular weight is 296 g/mol. The Hall–Kier alpha value is -0.770. The SMILES string of the molecule is CN(C)C1CCCN(Cc2cccc3c2NCC3)C1.Cl. The van der Waals surface area contributed by atoms with Crippen molar-refractivity contribution in [1.82, 2.24) is 9.80 Å². The van der Waals surface area contributed by atoms with Crippen LogP contribution in [0.1, 0.15) is 24.0 Å². The molecule has 1 fully saturated rings. The number of hydrogen-bond acceptors (Lipinski definition) is 3. The highest BCUT2D eigenvalue weighted by Crippen LogP contribution is 2.28. The molecule has 2 heterocycles. The molecule has 2 aliphatic rings. The van der Waals surface area contributed by atoms with Gasteiger partial charge in [-0.2, -0.15) is 0 Å². The normalized spacial score (nSPS) is 22.2. The van der Waals surface area contributed by atoms with Gasteiger partial charge in [-0.25, -0.2) is 0 Å². The van der Waals surface area contributed by atoms with E-state index in [4.69, 9.17) is 0 Å². The molecule has 0 saturated carbocycles. The molecule has 1 unspecified atom stereocenters. The van der Waals surface area contributed by atoms with Crippen molar-refractivity contribution >= 4 is 18.1 Å². The third-order valence-electron chi connectivity index (χ3n) is 4.54. The number of nitrogens with one attached hydrogen (secondary N) is 1. The van der Waals surface area contributed by atoms with E-state index >= 15 is 0 Å². The van der Waals surface area contributed by atoms with Crippen molar-refractivity contribution in [1.29, 1.82) is 0 Å². The van der Waals surface area contributed by atoms with E-state index in [1.165, 1.54) is 49.2 Å². The van der Waals surface area contributed by atoms with Crippen molar-refractivity contribution in [3.05, 3.63) is 29.3 Å². The van der Waals surface area contributed by atoms with Gasteiger partial charge in [0, 0.05) is 31.4 Å². The Balaban J connectivity index is 0.00000147. The molecule has 0 bridgehead atoms. The summed E-state index contributed by atoms with van der Waals surface area (Å²) >= 11 is 0. The van der Waals surface area contributed by atoms with E-state index in [0.717, 1.165) is 19.1 Å². The molecule has 2 aliphatic heterocycles. The summed E-state index contributed by atoms with van der Waals surface area (Å²) in [6, 6.07) is 7.49. The van der Waals surface area contributed by atoms with Gasteiger partial charge in [0.1, 0.15) is 0 Å². The average Bonchev–Trinajstić information content (AvgIpc) is 2.88. The van der Waals surface area contributed by atoms with Gasteiger partial charge in [-0.15, -0.1) is 12.4 Å². The molecule has 0 aromatic heterocycles. The maximum atomic E-state index is 3.56. The molecule has 1 N–H and O–H groups in total. The molecule has 4 heteroatoms. The Kier molecular flexibility index (Phi) is 5.30. The highest BCUT2D eigenvalue weighted by molar-refractivity contribution is 5.85. The van der Waals surface area contributed by atoms with Crippen molar-refractivity contribution in [2.75, 3.05) is 39.0 Å². The highest BCUT2D eigenvalue weighted by Gasteiger charge is 2.23. The van der Waals surface area contributed by atoms with Crippen molar-refractivity contribution in [2.24, 2.45) is 0 Å². The second-order valence-corrected chi connectivity index (χ2v) is 6.12. The number of para-hydroxylation sites is 1. The largest absolute Gasteiger partial charge is 0.384 e. The van der Waals surface area contributed by atoms with E-state index in [1.807, 2.05) is 0 Å². The topological polar surface area (TPSA) is 18.5 Å². The Morgan fingerprint density at radius 2 is 2.20 bits per heavy atom. The lowest BCUT2D eigenvalue weighted by atomic mass is 10.0. The van der Waals surface area contributed by atoms with Crippen LogP contribution in [0.5, 0.6) is 0 Å². The summed E-state index contributed by atoms with van der Waals surface area (Å²) in [6.45, 7) is 4.65. The quantitative estimate of drug-likeness (QED) is 0.925. The summed E-state index contributed by atoms with van der Waals surface area (Å²) in [5, 5.41) is 3.56. The lowest BCUT2D eigenvalue weighted by molar-refractivity contribution is 0.128. The standard InChI is InChI=1S/C16H25N3.ClH/c1-18(2)15-7-4-10-19(12-15)11-14-6-3-5-13-8-9-17-16(13)14;/h3,5-6,15,17H,4,7-12H2,1-2H3;1H. The molecule has 1 saturated heterocycles. The number of hydrogen-bond donors (Lipinski definition) is 1. The molecule has 112 valence electrons. The number of fused-ring (bicyclic) bond motifs is 1. The summed E-state index contributed by atoms with van der Waals surface area (Å²) in [6.07, 6.45) is 3.85. The van der Waals surface area contributed by atoms with E-state index in [9.17, 15) is 0 Å². The summed E-state index contributed by atoms with van der Waals surface area (Å²) in [5.74, 6) is 0. The van der Waals surface area contributed by atoms with Crippen LogP contribution in [0, 0.1) is 0 Å². The van der Waals surface area contributed by atoms with Crippen LogP contribution in [0.15, 0.2) is 18.2 Å². The summed E-state index contributed by atoms with van der Waals surface area (Å²) in [5.41, 5.74) is 4.39. The summed E-state index contributed by atoms with van der Waals surface area (Å²) < 4.78 is 0. The van der Waals surface area contributed by atoms with Gasteiger partial charge in [0.25, 0.3) is 0 Å². The van der Waals surface area contributed by atoms with Gasteiger partial charge in [-0.1, -0.05) is 18.2 Å². The summed E-state index contributed by atoms with van der Waals surface area (Å²) in [7, 11) is 4.41. The van der Waals surface area contributed by atoms with Crippen LogP contribution < -0.4 is 5.32 Å². The van der Waals surface area contributed by atoms with Crippen molar-refractivity contribution in [3.8, 4) is 0 Å². The lowest BCUT2D eigenvalue weighted by Gasteiger charge is -2.36. The number of halogens is 1. The fourth-order valence-electron chi connectivity index (χ4n) is 3.38. The van der Waals surface area contributed by atoms with E-state index in [2.05, 4.69) is 47.4 Å². The zero-order chi connectivity index (χ0) is 13.2. The minimum absolute atomic E-state index is 0. The maximum Gasteiger partial charge on any atom is 0.0419 e. The number of likely N-dealkylation sites (N-methyl/N-ethyl adjacent to an activating group) is 1. The van der Waals surface area contributed by atoms with Gasteiger partial charge in [0.15, 0.2) is 0 Å². The van der Waals surface area contributed by atoms with Gasteiger partial charge >= 0.3 is 0 Å². The van der Waals surface area contributed by atoms with Gasteiger partial charge in [-0.3, -0.25) is 4.90 Å². The van der Waals surface area contributed by atoms with E-state index in [-0.39, 0.29) is 12.4 Å².